The van der Waals surface area contributed by atoms with E-state index >= 15 is 0 Å². The van der Waals surface area contributed by atoms with Crippen LogP contribution in [0.5, 0.6) is 0 Å². The standard InChI is InChI=1S/C13H10Br2OS/c14-10-2-1-3-12(6-10)17-13-7-11(15)5-4-9(13)8-16/h1-7,16H,8H2. The van der Waals surface area contributed by atoms with E-state index in [4.69, 9.17) is 0 Å². The van der Waals surface area contributed by atoms with Crippen LogP contribution in [0, 0.1) is 0 Å². The van der Waals surface area contributed by atoms with E-state index in [1.54, 1.807) is 11.8 Å². The van der Waals surface area contributed by atoms with Gasteiger partial charge in [-0.05, 0) is 35.9 Å². The van der Waals surface area contributed by atoms with E-state index < -0.39 is 0 Å². The second-order valence-corrected chi connectivity index (χ2v) is 6.42. The minimum absolute atomic E-state index is 0.0591. The normalized spacial score (nSPS) is 10.5. The van der Waals surface area contributed by atoms with Crippen molar-refractivity contribution in [1.82, 2.24) is 0 Å². The van der Waals surface area contributed by atoms with Gasteiger partial charge in [0.2, 0.25) is 0 Å². The van der Waals surface area contributed by atoms with Gasteiger partial charge in [0.15, 0.2) is 0 Å². The smallest absolute Gasteiger partial charge is 0.0692 e. The van der Waals surface area contributed by atoms with Crippen LogP contribution in [0.25, 0.3) is 0 Å². The third kappa shape index (κ3) is 3.58. The molecule has 0 saturated heterocycles. The molecule has 0 fully saturated rings. The highest BCUT2D eigenvalue weighted by Crippen LogP contribution is 2.33. The molecule has 0 aliphatic rings. The molecule has 0 aliphatic heterocycles. The van der Waals surface area contributed by atoms with Crippen LogP contribution in [0.15, 0.2) is 61.2 Å². The summed E-state index contributed by atoms with van der Waals surface area (Å²) in [5, 5.41) is 9.30. The van der Waals surface area contributed by atoms with Crippen LogP contribution in [0.2, 0.25) is 0 Å². The zero-order valence-electron chi connectivity index (χ0n) is 8.86. The van der Waals surface area contributed by atoms with Gasteiger partial charge in [-0.15, -0.1) is 0 Å². The number of hydrogen-bond donors (Lipinski definition) is 1. The third-order valence-electron chi connectivity index (χ3n) is 2.22. The second kappa shape index (κ2) is 6.05. The Kier molecular flexibility index (Phi) is 4.68. The van der Waals surface area contributed by atoms with Crippen molar-refractivity contribution in [2.45, 2.75) is 16.4 Å². The highest BCUT2D eigenvalue weighted by Gasteiger charge is 2.05. The predicted octanol–water partition coefficient (Wildman–Crippen LogP) is 4.86. The molecular weight excluding hydrogens is 364 g/mol. The Morgan fingerprint density at radius 2 is 1.76 bits per heavy atom. The van der Waals surface area contributed by atoms with E-state index in [0.717, 1.165) is 24.3 Å². The summed E-state index contributed by atoms with van der Waals surface area (Å²) in [5.41, 5.74) is 0.943. The Labute approximate surface area is 122 Å². The summed E-state index contributed by atoms with van der Waals surface area (Å²) in [6, 6.07) is 14.0. The molecule has 2 rings (SSSR count). The average Bonchev–Trinajstić information content (AvgIpc) is 2.29. The van der Waals surface area contributed by atoms with E-state index in [1.165, 1.54) is 0 Å². The lowest BCUT2D eigenvalue weighted by Crippen LogP contribution is -1.87. The Bertz CT molecular complexity index is 529. The SMILES string of the molecule is OCc1ccc(Br)cc1Sc1cccc(Br)c1. The van der Waals surface area contributed by atoms with E-state index in [1.807, 2.05) is 30.3 Å². The lowest BCUT2D eigenvalue weighted by atomic mass is 10.2. The highest BCUT2D eigenvalue weighted by atomic mass is 79.9. The van der Waals surface area contributed by atoms with Gasteiger partial charge in [0.05, 0.1) is 6.61 Å². The largest absolute Gasteiger partial charge is 0.392 e. The first-order valence-corrected chi connectivity index (χ1v) is 7.42. The number of aliphatic hydroxyl groups is 1. The van der Waals surface area contributed by atoms with Gasteiger partial charge in [-0.3, -0.25) is 0 Å². The Hall–Kier alpha value is -0.290. The van der Waals surface area contributed by atoms with Gasteiger partial charge in [-0.25, -0.2) is 0 Å². The van der Waals surface area contributed by atoms with Gasteiger partial charge >= 0.3 is 0 Å². The zero-order valence-corrected chi connectivity index (χ0v) is 12.8. The van der Waals surface area contributed by atoms with Crippen LogP contribution in [-0.4, -0.2) is 5.11 Å². The number of rotatable bonds is 3. The van der Waals surface area contributed by atoms with Crippen molar-refractivity contribution in [2.75, 3.05) is 0 Å². The van der Waals surface area contributed by atoms with Crippen LogP contribution in [0.1, 0.15) is 5.56 Å². The molecule has 4 heteroatoms. The fourth-order valence-electron chi connectivity index (χ4n) is 1.41. The summed E-state index contributed by atoms with van der Waals surface area (Å²) in [4.78, 5) is 2.21. The monoisotopic (exact) mass is 372 g/mol. The fraction of sp³-hybridized carbons (Fsp3) is 0.0769. The second-order valence-electron chi connectivity index (χ2n) is 3.47. The summed E-state index contributed by atoms with van der Waals surface area (Å²) < 4.78 is 2.08. The Morgan fingerprint density at radius 1 is 1.00 bits per heavy atom. The van der Waals surface area contributed by atoms with Gasteiger partial charge < -0.3 is 5.11 Å². The lowest BCUT2D eigenvalue weighted by Gasteiger charge is -2.08. The average molecular weight is 374 g/mol. The minimum Gasteiger partial charge on any atom is -0.392 e. The third-order valence-corrected chi connectivity index (χ3v) is 4.30. The molecule has 0 aromatic heterocycles. The van der Waals surface area contributed by atoms with Crippen molar-refractivity contribution in [2.24, 2.45) is 0 Å². The van der Waals surface area contributed by atoms with Crippen LogP contribution in [-0.2, 0) is 6.61 Å². The molecule has 17 heavy (non-hydrogen) atoms. The van der Waals surface area contributed by atoms with Gasteiger partial charge in [0.1, 0.15) is 0 Å². The van der Waals surface area contributed by atoms with Crippen LogP contribution >= 0.6 is 43.6 Å². The van der Waals surface area contributed by atoms with Crippen molar-refractivity contribution >= 4 is 43.6 Å². The Morgan fingerprint density at radius 3 is 2.47 bits per heavy atom. The fourth-order valence-corrected chi connectivity index (χ4v) is 3.51. The minimum atomic E-state index is 0.0591. The molecular formula is C13H10Br2OS. The van der Waals surface area contributed by atoms with Crippen molar-refractivity contribution < 1.29 is 5.11 Å². The summed E-state index contributed by atoms with van der Waals surface area (Å²) in [6.45, 7) is 0.0591. The number of hydrogen-bond acceptors (Lipinski definition) is 2. The maximum Gasteiger partial charge on any atom is 0.0692 e. The Balaban J connectivity index is 2.32. The summed E-state index contributed by atoms with van der Waals surface area (Å²) in [7, 11) is 0. The van der Waals surface area contributed by atoms with Crippen molar-refractivity contribution in [3.8, 4) is 0 Å². The van der Waals surface area contributed by atoms with Gasteiger partial charge in [0, 0.05) is 18.7 Å². The van der Waals surface area contributed by atoms with Crippen molar-refractivity contribution in [1.29, 1.82) is 0 Å². The maximum atomic E-state index is 9.30. The molecule has 1 N–H and O–H groups in total. The molecule has 0 radical (unpaired) electrons. The maximum absolute atomic E-state index is 9.30. The number of halogens is 2. The van der Waals surface area contributed by atoms with Crippen LogP contribution in [0.3, 0.4) is 0 Å². The quantitative estimate of drug-likeness (QED) is 0.829. The highest BCUT2D eigenvalue weighted by molar-refractivity contribution is 9.10. The molecule has 0 saturated carbocycles. The first-order valence-electron chi connectivity index (χ1n) is 5.02. The van der Waals surface area contributed by atoms with Crippen molar-refractivity contribution in [3.05, 3.63) is 57.0 Å². The molecule has 0 bridgehead atoms. The van der Waals surface area contributed by atoms with E-state index in [2.05, 4.69) is 44.0 Å². The van der Waals surface area contributed by atoms with E-state index in [-0.39, 0.29) is 6.61 Å². The lowest BCUT2D eigenvalue weighted by molar-refractivity contribution is 0.279. The molecule has 1 nitrogen and oxygen atoms in total. The molecule has 0 amide bonds. The predicted molar refractivity (Wildman–Crippen MR) is 78.3 cm³/mol. The molecule has 88 valence electrons. The van der Waals surface area contributed by atoms with E-state index in [0.29, 0.717) is 0 Å². The van der Waals surface area contributed by atoms with Gasteiger partial charge in [-0.2, -0.15) is 0 Å². The number of aliphatic hydroxyl groups excluding tert-OH is 1. The first kappa shape index (κ1) is 13.1. The number of benzene rings is 2. The topological polar surface area (TPSA) is 20.2 Å². The molecule has 0 aliphatic carbocycles. The molecule has 0 atom stereocenters. The first-order chi connectivity index (χ1) is 8.19. The zero-order chi connectivity index (χ0) is 12.3. The van der Waals surface area contributed by atoms with E-state index in [9.17, 15) is 5.11 Å². The molecule has 2 aromatic carbocycles. The van der Waals surface area contributed by atoms with Gasteiger partial charge in [0.25, 0.3) is 0 Å². The molecule has 0 spiro atoms. The van der Waals surface area contributed by atoms with Gasteiger partial charge in [-0.1, -0.05) is 55.8 Å². The molecule has 0 heterocycles. The summed E-state index contributed by atoms with van der Waals surface area (Å²) in [5.74, 6) is 0. The van der Waals surface area contributed by atoms with Crippen LogP contribution in [0.4, 0.5) is 0 Å². The summed E-state index contributed by atoms with van der Waals surface area (Å²) in [6.07, 6.45) is 0. The van der Waals surface area contributed by atoms with Crippen molar-refractivity contribution in [3.63, 3.8) is 0 Å². The molecule has 0 unspecified atom stereocenters. The van der Waals surface area contributed by atoms with Crippen LogP contribution < -0.4 is 0 Å². The molecule has 2 aromatic rings. The summed E-state index contributed by atoms with van der Waals surface area (Å²) >= 11 is 8.55.